The summed E-state index contributed by atoms with van der Waals surface area (Å²) >= 11 is 1.83. The summed E-state index contributed by atoms with van der Waals surface area (Å²) in [5, 5.41) is 17.1. The summed E-state index contributed by atoms with van der Waals surface area (Å²) in [7, 11) is 0. The van der Waals surface area contributed by atoms with Gasteiger partial charge in [0.05, 0.1) is 23.2 Å². The van der Waals surface area contributed by atoms with Crippen LogP contribution in [0.2, 0.25) is 0 Å². The number of thioether (sulfide) groups is 1. The van der Waals surface area contributed by atoms with Gasteiger partial charge in [-0.1, -0.05) is 0 Å². The van der Waals surface area contributed by atoms with E-state index in [9.17, 15) is 4.79 Å². The number of nitrogens with zero attached hydrogens (tertiary/aromatic N) is 7. The minimum Gasteiger partial charge on any atom is -0.354 e. The molecule has 12 heteroatoms. The lowest BCUT2D eigenvalue weighted by Gasteiger charge is -2.38. The zero-order chi connectivity index (χ0) is 22.1. The number of aromatic nitrogens is 3. The molecule has 0 unspecified atom stereocenters. The number of hydrogen-bond acceptors (Lipinski definition) is 8. The Balaban J connectivity index is 0.00000162. The van der Waals surface area contributed by atoms with E-state index in [1.165, 1.54) is 0 Å². The van der Waals surface area contributed by atoms with Crippen molar-refractivity contribution < 1.29 is 4.79 Å². The summed E-state index contributed by atoms with van der Waals surface area (Å²) in [4.78, 5) is 24.0. The molecule has 5 heterocycles. The third-order valence-corrected chi connectivity index (χ3v) is 7.50. The van der Waals surface area contributed by atoms with Crippen molar-refractivity contribution in [1.82, 2.24) is 29.9 Å². The number of rotatable bonds is 4. The second-order valence-corrected chi connectivity index (χ2v) is 9.66. The quantitative estimate of drug-likeness (QED) is 0.645. The Morgan fingerprint density at radius 3 is 2.65 bits per heavy atom. The van der Waals surface area contributed by atoms with E-state index in [4.69, 9.17) is 5.26 Å². The van der Waals surface area contributed by atoms with Gasteiger partial charge in [-0.25, -0.2) is 4.98 Å². The Kier molecular flexibility index (Phi) is 9.07. The molecule has 2 aromatic rings. The molecule has 34 heavy (non-hydrogen) atoms. The first-order chi connectivity index (χ1) is 15.6. The standard InChI is InChI=1S/C22H28N8OS.2ClH/c1-16-10-21(30(26-16)20-3-2-17(12-23)13-25-20)28-6-4-27(5-7-28)18-11-19(24-14-18)22(31)29-8-9-32-15-29;;/h2-3,10,13,18-19,24H,4-9,11,14-15H2,1H3;2*1H/t18-,19-;;/m0../s1. The van der Waals surface area contributed by atoms with Crippen LogP contribution in [0.3, 0.4) is 0 Å². The second kappa shape index (κ2) is 11.6. The molecule has 1 N–H and O–H groups in total. The highest BCUT2D eigenvalue weighted by molar-refractivity contribution is 7.99. The van der Waals surface area contributed by atoms with Crippen molar-refractivity contribution in [2.75, 3.05) is 55.8 Å². The number of pyridine rings is 1. The fraction of sp³-hybridized carbons (Fsp3) is 0.545. The van der Waals surface area contributed by atoms with Gasteiger partial charge < -0.3 is 15.1 Å². The van der Waals surface area contributed by atoms with Crippen LogP contribution in [0, 0.1) is 18.3 Å². The Labute approximate surface area is 216 Å². The summed E-state index contributed by atoms with van der Waals surface area (Å²) in [6.45, 7) is 7.46. The van der Waals surface area contributed by atoms with Crippen molar-refractivity contribution in [2.24, 2.45) is 0 Å². The van der Waals surface area contributed by atoms with E-state index >= 15 is 0 Å². The Hall–Kier alpha value is -2.03. The van der Waals surface area contributed by atoms with Crippen LogP contribution < -0.4 is 10.2 Å². The van der Waals surface area contributed by atoms with Gasteiger partial charge >= 0.3 is 0 Å². The van der Waals surface area contributed by atoms with Gasteiger partial charge in [0.15, 0.2) is 5.82 Å². The Morgan fingerprint density at radius 2 is 2.00 bits per heavy atom. The van der Waals surface area contributed by atoms with E-state index in [0.29, 0.717) is 11.6 Å². The molecule has 2 atom stereocenters. The van der Waals surface area contributed by atoms with Crippen molar-refractivity contribution >= 4 is 48.3 Å². The summed E-state index contributed by atoms with van der Waals surface area (Å²) in [5.74, 6) is 3.91. The van der Waals surface area contributed by atoms with Crippen LogP contribution in [0.25, 0.3) is 5.82 Å². The van der Waals surface area contributed by atoms with Gasteiger partial charge in [-0.2, -0.15) is 15.0 Å². The van der Waals surface area contributed by atoms with Crippen LogP contribution in [0.1, 0.15) is 17.7 Å². The van der Waals surface area contributed by atoms with Crippen molar-refractivity contribution in [2.45, 2.75) is 25.4 Å². The highest BCUT2D eigenvalue weighted by Gasteiger charge is 2.37. The number of anilines is 1. The molecule has 0 radical (unpaired) electrons. The van der Waals surface area contributed by atoms with Crippen LogP contribution >= 0.6 is 36.6 Å². The van der Waals surface area contributed by atoms with Crippen LogP contribution in [0.4, 0.5) is 5.82 Å². The fourth-order valence-electron chi connectivity index (χ4n) is 4.76. The number of amides is 1. The molecule has 3 saturated heterocycles. The van der Waals surface area contributed by atoms with Crippen molar-refractivity contribution in [3.05, 3.63) is 35.7 Å². The fourth-order valence-corrected chi connectivity index (χ4v) is 5.72. The molecule has 9 nitrogen and oxygen atoms in total. The lowest BCUT2D eigenvalue weighted by Crippen LogP contribution is -2.51. The predicted molar refractivity (Wildman–Crippen MR) is 138 cm³/mol. The van der Waals surface area contributed by atoms with Gasteiger partial charge in [0.1, 0.15) is 11.9 Å². The molecule has 184 valence electrons. The highest BCUT2D eigenvalue weighted by atomic mass is 35.5. The maximum Gasteiger partial charge on any atom is 0.240 e. The molecule has 3 aliphatic heterocycles. The minimum atomic E-state index is -0.0386. The number of nitriles is 1. The highest BCUT2D eigenvalue weighted by Crippen LogP contribution is 2.24. The lowest BCUT2D eigenvalue weighted by atomic mass is 10.1. The normalized spacial score (nSPS) is 22.7. The van der Waals surface area contributed by atoms with E-state index < -0.39 is 0 Å². The van der Waals surface area contributed by atoms with E-state index in [2.05, 4.69) is 37.3 Å². The number of aryl methyl sites for hydroxylation is 1. The number of nitrogens with one attached hydrogen (secondary N) is 1. The third-order valence-electron chi connectivity index (χ3n) is 6.53. The SMILES string of the molecule is Cc1cc(N2CCN([C@@H]3CN[C@H](C(=O)N4CCSC4)C3)CC2)n(-c2ccc(C#N)cn2)n1.Cl.Cl. The third kappa shape index (κ3) is 5.44. The largest absolute Gasteiger partial charge is 0.354 e. The van der Waals surface area contributed by atoms with Crippen LogP contribution in [-0.4, -0.2) is 93.5 Å². The smallest absolute Gasteiger partial charge is 0.240 e. The molecule has 0 saturated carbocycles. The molecule has 0 aromatic carbocycles. The molecular formula is C22H30Cl2N8OS. The summed E-state index contributed by atoms with van der Waals surface area (Å²) < 4.78 is 1.87. The molecule has 2 aromatic heterocycles. The lowest BCUT2D eigenvalue weighted by molar-refractivity contribution is -0.131. The second-order valence-electron chi connectivity index (χ2n) is 8.59. The van der Waals surface area contributed by atoms with Gasteiger partial charge in [0, 0.05) is 63.3 Å². The van der Waals surface area contributed by atoms with E-state index in [0.717, 1.165) is 74.6 Å². The van der Waals surface area contributed by atoms with Gasteiger partial charge in [-0.15, -0.1) is 36.6 Å². The first-order valence-corrected chi connectivity index (χ1v) is 12.3. The van der Waals surface area contributed by atoms with Crippen molar-refractivity contribution in [3.8, 4) is 11.9 Å². The molecule has 3 aliphatic rings. The first-order valence-electron chi connectivity index (χ1n) is 11.1. The first kappa shape index (κ1) is 26.6. The number of piperazine rings is 1. The number of halogens is 2. The number of carbonyl (C=O) groups is 1. The summed E-state index contributed by atoms with van der Waals surface area (Å²) in [5.41, 5.74) is 1.48. The zero-order valence-electron chi connectivity index (χ0n) is 19.1. The van der Waals surface area contributed by atoms with Crippen molar-refractivity contribution in [1.29, 1.82) is 5.26 Å². The van der Waals surface area contributed by atoms with Gasteiger partial charge in [-0.3, -0.25) is 9.69 Å². The molecule has 0 bridgehead atoms. The maximum absolute atomic E-state index is 12.7. The molecule has 0 spiro atoms. The van der Waals surface area contributed by atoms with Crippen molar-refractivity contribution in [3.63, 3.8) is 0 Å². The Bertz CT molecular complexity index is 1010. The number of carbonyl (C=O) groups excluding carboxylic acids is 1. The Morgan fingerprint density at radius 1 is 1.21 bits per heavy atom. The zero-order valence-corrected chi connectivity index (χ0v) is 21.5. The van der Waals surface area contributed by atoms with E-state index in [-0.39, 0.29) is 36.8 Å². The number of hydrogen-bond donors (Lipinski definition) is 1. The molecule has 5 rings (SSSR count). The maximum atomic E-state index is 12.7. The average molecular weight is 526 g/mol. The van der Waals surface area contributed by atoms with E-state index in [1.807, 2.05) is 34.3 Å². The summed E-state index contributed by atoms with van der Waals surface area (Å²) in [6, 6.07) is 8.18. The molecule has 3 fully saturated rings. The molecule has 1 amide bonds. The van der Waals surface area contributed by atoms with Crippen LogP contribution in [0.5, 0.6) is 0 Å². The van der Waals surface area contributed by atoms with Gasteiger partial charge in [0.2, 0.25) is 5.91 Å². The topological polar surface area (TPSA) is 93.3 Å². The predicted octanol–water partition coefficient (Wildman–Crippen LogP) is 1.68. The van der Waals surface area contributed by atoms with Crippen LogP contribution in [0.15, 0.2) is 24.4 Å². The van der Waals surface area contributed by atoms with Crippen LogP contribution in [-0.2, 0) is 4.79 Å². The average Bonchev–Trinajstić information content (AvgIpc) is 3.60. The molecular weight excluding hydrogens is 495 g/mol. The van der Waals surface area contributed by atoms with E-state index in [1.54, 1.807) is 12.3 Å². The summed E-state index contributed by atoms with van der Waals surface area (Å²) in [6.07, 6.45) is 2.48. The minimum absolute atomic E-state index is 0. The van der Waals surface area contributed by atoms with Gasteiger partial charge in [-0.05, 0) is 25.5 Å². The monoisotopic (exact) mass is 524 g/mol. The molecule has 0 aliphatic carbocycles. The van der Waals surface area contributed by atoms with Gasteiger partial charge in [0.25, 0.3) is 0 Å².